The number of carbonyl (C=O) groups is 1. The van der Waals surface area contributed by atoms with Crippen LogP contribution in [0, 0.1) is 5.92 Å². The van der Waals surface area contributed by atoms with Crippen LogP contribution in [0.5, 0.6) is 0 Å². The minimum absolute atomic E-state index is 0.209. The molecule has 2 aliphatic rings. The molecule has 1 atom stereocenters. The SMILES string of the molecule is CC(C1CC1)N(CC(F)(F)F)C(=O)c1ccc2c(c1)CCC2. The summed E-state index contributed by atoms with van der Waals surface area (Å²) < 4.78 is 38.6. The number of benzene rings is 1. The topological polar surface area (TPSA) is 20.3 Å². The summed E-state index contributed by atoms with van der Waals surface area (Å²) in [6, 6.07) is 4.99. The fourth-order valence-electron chi connectivity index (χ4n) is 3.30. The summed E-state index contributed by atoms with van der Waals surface area (Å²) in [6.45, 7) is 0.565. The largest absolute Gasteiger partial charge is 0.406 e. The van der Waals surface area contributed by atoms with Gasteiger partial charge in [0.25, 0.3) is 5.91 Å². The van der Waals surface area contributed by atoms with Crippen molar-refractivity contribution in [3.8, 4) is 0 Å². The van der Waals surface area contributed by atoms with Crippen LogP contribution in [0.15, 0.2) is 18.2 Å². The number of hydrogen-bond donors (Lipinski definition) is 0. The summed E-state index contributed by atoms with van der Waals surface area (Å²) in [5.41, 5.74) is 2.71. The van der Waals surface area contributed by atoms with Crippen LogP contribution in [-0.4, -0.2) is 29.6 Å². The van der Waals surface area contributed by atoms with E-state index >= 15 is 0 Å². The zero-order chi connectivity index (χ0) is 15.9. The van der Waals surface area contributed by atoms with E-state index in [1.165, 1.54) is 5.56 Å². The van der Waals surface area contributed by atoms with Crippen molar-refractivity contribution < 1.29 is 18.0 Å². The summed E-state index contributed by atoms with van der Waals surface area (Å²) in [4.78, 5) is 13.6. The molecule has 0 spiro atoms. The summed E-state index contributed by atoms with van der Waals surface area (Å²) >= 11 is 0. The lowest BCUT2D eigenvalue weighted by Crippen LogP contribution is -2.45. The van der Waals surface area contributed by atoms with E-state index < -0.39 is 18.6 Å². The molecule has 0 aliphatic heterocycles. The zero-order valence-electron chi connectivity index (χ0n) is 12.6. The molecule has 1 amide bonds. The molecule has 1 aromatic carbocycles. The second kappa shape index (κ2) is 5.60. The summed E-state index contributed by atoms with van der Waals surface area (Å²) in [5, 5.41) is 0. The van der Waals surface area contributed by atoms with Gasteiger partial charge in [-0.2, -0.15) is 13.2 Å². The van der Waals surface area contributed by atoms with Gasteiger partial charge in [-0.15, -0.1) is 0 Å². The summed E-state index contributed by atoms with van der Waals surface area (Å²) in [7, 11) is 0. The van der Waals surface area contributed by atoms with E-state index in [-0.39, 0.29) is 12.0 Å². The average molecular weight is 311 g/mol. The fraction of sp³-hybridized carbons (Fsp3) is 0.588. The quantitative estimate of drug-likeness (QED) is 0.823. The first-order valence-electron chi connectivity index (χ1n) is 7.84. The molecule has 0 aromatic heterocycles. The third-order valence-electron chi connectivity index (χ3n) is 4.75. The third-order valence-corrected chi connectivity index (χ3v) is 4.75. The zero-order valence-corrected chi connectivity index (χ0v) is 12.6. The van der Waals surface area contributed by atoms with Crippen LogP contribution in [0.4, 0.5) is 13.2 Å². The maximum atomic E-state index is 12.9. The highest BCUT2D eigenvalue weighted by molar-refractivity contribution is 5.94. The lowest BCUT2D eigenvalue weighted by atomic mass is 10.0. The molecule has 120 valence electrons. The van der Waals surface area contributed by atoms with Crippen LogP contribution < -0.4 is 0 Å². The van der Waals surface area contributed by atoms with Gasteiger partial charge < -0.3 is 4.90 Å². The van der Waals surface area contributed by atoms with Gasteiger partial charge >= 0.3 is 6.18 Å². The molecule has 1 saturated carbocycles. The number of nitrogens with zero attached hydrogens (tertiary/aromatic N) is 1. The van der Waals surface area contributed by atoms with Crippen molar-refractivity contribution in [2.75, 3.05) is 6.54 Å². The van der Waals surface area contributed by atoms with E-state index in [9.17, 15) is 18.0 Å². The second-order valence-electron chi connectivity index (χ2n) is 6.46. The number of rotatable bonds is 4. The number of fused-ring (bicyclic) bond motifs is 1. The molecular weight excluding hydrogens is 291 g/mol. The van der Waals surface area contributed by atoms with Gasteiger partial charge in [-0.3, -0.25) is 4.79 Å². The Labute approximate surface area is 128 Å². The van der Waals surface area contributed by atoms with Gasteiger partial charge in [0.05, 0.1) is 0 Å². The van der Waals surface area contributed by atoms with Gasteiger partial charge in [0.15, 0.2) is 0 Å². The van der Waals surface area contributed by atoms with Crippen molar-refractivity contribution in [1.29, 1.82) is 0 Å². The molecule has 0 N–H and O–H groups in total. The number of halogens is 3. The third kappa shape index (κ3) is 3.28. The fourth-order valence-corrected chi connectivity index (χ4v) is 3.30. The van der Waals surface area contributed by atoms with Crippen LogP contribution in [-0.2, 0) is 12.8 Å². The smallest absolute Gasteiger partial charge is 0.327 e. The molecule has 0 saturated heterocycles. The molecule has 2 aliphatic carbocycles. The van der Waals surface area contributed by atoms with Crippen molar-refractivity contribution in [3.63, 3.8) is 0 Å². The predicted octanol–water partition coefficient (Wildman–Crippen LogP) is 3.98. The summed E-state index contributed by atoms with van der Waals surface area (Å²) in [6.07, 6.45) is 0.412. The minimum Gasteiger partial charge on any atom is -0.327 e. The van der Waals surface area contributed by atoms with Crippen LogP contribution in [0.1, 0.15) is 47.7 Å². The number of hydrogen-bond acceptors (Lipinski definition) is 1. The first-order chi connectivity index (χ1) is 10.3. The Bertz CT molecular complexity index is 578. The maximum Gasteiger partial charge on any atom is 0.406 e. The molecule has 0 radical (unpaired) electrons. The Hall–Kier alpha value is -1.52. The van der Waals surface area contributed by atoms with Gasteiger partial charge in [0.2, 0.25) is 0 Å². The number of carbonyl (C=O) groups excluding carboxylic acids is 1. The second-order valence-corrected chi connectivity index (χ2v) is 6.46. The van der Waals surface area contributed by atoms with Crippen molar-refractivity contribution in [2.24, 2.45) is 5.92 Å². The van der Waals surface area contributed by atoms with Gasteiger partial charge in [-0.1, -0.05) is 6.07 Å². The van der Waals surface area contributed by atoms with E-state index in [0.29, 0.717) is 5.56 Å². The average Bonchev–Trinajstić information content (AvgIpc) is 3.20. The number of alkyl halides is 3. The van der Waals surface area contributed by atoms with Gasteiger partial charge in [-0.05, 0) is 68.2 Å². The maximum absolute atomic E-state index is 12.9. The van der Waals surface area contributed by atoms with Crippen molar-refractivity contribution in [3.05, 3.63) is 34.9 Å². The molecule has 0 bridgehead atoms. The Balaban J connectivity index is 1.84. The van der Waals surface area contributed by atoms with Crippen molar-refractivity contribution in [1.82, 2.24) is 4.90 Å². The highest BCUT2D eigenvalue weighted by Gasteiger charge is 2.40. The van der Waals surface area contributed by atoms with Crippen LogP contribution in [0.3, 0.4) is 0 Å². The lowest BCUT2D eigenvalue weighted by molar-refractivity contribution is -0.144. The van der Waals surface area contributed by atoms with Crippen LogP contribution in [0.25, 0.3) is 0 Å². The molecule has 22 heavy (non-hydrogen) atoms. The first-order valence-corrected chi connectivity index (χ1v) is 7.84. The molecule has 2 nitrogen and oxygen atoms in total. The number of aryl methyl sites for hydroxylation is 2. The highest BCUT2D eigenvalue weighted by Crippen LogP contribution is 2.37. The predicted molar refractivity (Wildman–Crippen MR) is 77.7 cm³/mol. The Morgan fingerprint density at radius 3 is 2.59 bits per heavy atom. The monoisotopic (exact) mass is 311 g/mol. The normalized spacial score (nSPS) is 18.9. The van der Waals surface area contributed by atoms with Gasteiger partial charge in [-0.25, -0.2) is 0 Å². The summed E-state index contributed by atoms with van der Waals surface area (Å²) in [5.74, 6) is -0.285. The van der Waals surface area contributed by atoms with Crippen molar-refractivity contribution >= 4 is 5.91 Å². The van der Waals surface area contributed by atoms with E-state index in [0.717, 1.165) is 42.6 Å². The van der Waals surface area contributed by atoms with Crippen LogP contribution in [0.2, 0.25) is 0 Å². The molecule has 3 rings (SSSR count). The molecule has 1 aromatic rings. The molecule has 1 unspecified atom stereocenters. The number of amides is 1. The molecular formula is C17H20F3NO. The lowest BCUT2D eigenvalue weighted by Gasteiger charge is -2.30. The Morgan fingerprint density at radius 1 is 1.27 bits per heavy atom. The van der Waals surface area contributed by atoms with E-state index in [4.69, 9.17) is 0 Å². The first kappa shape index (κ1) is 15.4. The highest BCUT2D eigenvalue weighted by atomic mass is 19.4. The van der Waals surface area contributed by atoms with Crippen molar-refractivity contribution in [2.45, 2.75) is 51.2 Å². The van der Waals surface area contributed by atoms with Gasteiger partial charge in [0, 0.05) is 11.6 Å². The Morgan fingerprint density at radius 2 is 1.95 bits per heavy atom. The molecule has 1 fully saturated rings. The minimum atomic E-state index is -4.37. The van der Waals surface area contributed by atoms with Gasteiger partial charge in [0.1, 0.15) is 6.54 Å². The standard InChI is InChI=1S/C17H20F3NO/c1-11(12-5-6-12)21(10-17(18,19)20)16(22)15-8-7-13-3-2-4-14(13)9-15/h7-9,11-12H,2-6,10H2,1H3. The van der Waals surface area contributed by atoms with E-state index in [2.05, 4.69) is 0 Å². The molecule has 0 heterocycles. The van der Waals surface area contributed by atoms with E-state index in [1.807, 2.05) is 6.07 Å². The van der Waals surface area contributed by atoms with E-state index in [1.54, 1.807) is 19.1 Å². The molecule has 5 heteroatoms. The van der Waals surface area contributed by atoms with Crippen LogP contribution >= 0.6 is 0 Å². The Kier molecular flexibility index (Phi) is 3.91.